The van der Waals surface area contributed by atoms with Gasteiger partial charge in [-0.05, 0) is 44.0 Å². The Balaban J connectivity index is 0. The van der Waals surface area contributed by atoms with Crippen LogP contribution in [0.1, 0.15) is 29.9 Å². The minimum atomic E-state index is -4.07. The van der Waals surface area contributed by atoms with E-state index in [4.69, 9.17) is 0 Å². The number of rotatable bonds is 3. The molecule has 2 rings (SSSR count). The topological polar surface area (TPSA) is 54.4 Å². The van der Waals surface area contributed by atoms with Crippen molar-refractivity contribution in [1.82, 2.24) is 0 Å². The molecule has 0 saturated heterocycles. The molecule has 0 heterocycles. The van der Waals surface area contributed by atoms with Gasteiger partial charge < -0.3 is 7.75 Å². The summed E-state index contributed by atoms with van der Waals surface area (Å²) >= 11 is 0. The zero-order valence-corrected chi connectivity index (χ0v) is 14.8. The van der Waals surface area contributed by atoms with E-state index in [1.165, 1.54) is 12.1 Å². The Hall–Kier alpha value is -0.934. The van der Waals surface area contributed by atoms with Gasteiger partial charge in [0, 0.05) is 10.9 Å². The van der Waals surface area contributed by atoms with Crippen LogP contribution in [-0.4, -0.2) is 33.5 Å². The van der Waals surface area contributed by atoms with Gasteiger partial charge in [-0.25, -0.2) is 0 Å². The Bertz CT molecular complexity index is 698. The van der Waals surface area contributed by atoms with Crippen LogP contribution in [0.5, 0.6) is 0 Å². The van der Waals surface area contributed by atoms with Crippen LogP contribution in [0.2, 0.25) is 0 Å². The molecular weight excluding hydrogens is 295 g/mol. The van der Waals surface area contributed by atoms with Crippen LogP contribution in [0.15, 0.2) is 42.5 Å². The molecule has 21 heavy (non-hydrogen) atoms. The van der Waals surface area contributed by atoms with Crippen LogP contribution in [0.25, 0.3) is 0 Å². The smallest absolute Gasteiger partial charge is 1.00 e. The molecule has 5 heteroatoms. The monoisotopic (exact) mass is 314 g/mol. The number of hydrogen-bond acceptors (Lipinski definition) is 2. The quantitative estimate of drug-likeness (QED) is 0.699. The van der Waals surface area contributed by atoms with E-state index in [-0.39, 0.29) is 31.2 Å². The molecule has 2 aromatic carbocycles. The maximum absolute atomic E-state index is 12.5. The van der Waals surface area contributed by atoms with Gasteiger partial charge in [-0.2, -0.15) is 0 Å². The van der Waals surface area contributed by atoms with Crippen LogP contribution in [0.3, 0.4) is 0 Å². The normalized spacial score (nSPS) is 13.1. The number of hydrogen-bond donors (Lipinski definition) is 1. The van der Waals surface area contributed by atoms with Crippen molar-refractivity contribution < 1.29 is 17.1 Å². The van der Waals surface area contributed by atoms with Gasteiger partial charge in [0.05, 0.1) is 0 Å². The Kier molecular flexibility index (Phi) is 5.94. The summed E-state index contributed by atoms with van der Waals surface area (Å²) in [6.45, 7) is 5.51. The first-order valence-corrected chi connectivity index (χ1v) is 8.01. The van der Waals surface area contributed by atoms with Crippen molar-refractivity contribution >= 4 is 41.3 Å². The molecule has 2 aromatic rings. The molecule has 0 aliphatic rings. The SMILES string of the molecule is Cc1cc(C)c(C(=O)P(=O)(O)c2ccccc2)c(C)c1.[H-].[H-].[Mg+2]. The van der Waals surface area contributed by atoms with Crippen molar-refractivity contribution in [2.75, 3.05) is 0 Å². The predicted octanol–water partition coefficient (Wildman–Crippen LogP) is 3.19. The van der Waals surface area contributed by atoms with E-state index in [9.17, 15) is 14.3 Å². The Morgan fingerprint density at radius 3 is 2.00 bits per heavy atom. The number of carbonyl (C=O) groups is 1. The molecule has 0 aliphatic carbocycles. The number of aryl methyl sites for hydroxylation is 3. The van der Waals surface area contributed by atoms with Crippen molar-refractivity contribution in [3.05, 3.63) is 64.7 Å². The standard InChI is InChI=1S/C16H17O3P.Mg.2H/c1-11-9-12(2)15(13(3)10-11)16(17)20(18,19)14-7-5-4-6-8-14;;;/h4-10H,1-3H3,(H,18,19);;;/q;+2;2*-1. The van der Waals surface area contributed by atoms with Crippen LogP contribution >= 0.6 is 7.37 Å². The van der Waals surface area contributed by atoms with Gasteiger partial charge in [0.1, 0.15) is 0 Å². The molecule has 0 aromatic heterocycles. The average Bonchev–Trinajstić information content (AvgIpc) is 2.38. The molecule has 1 N–H and O–H groups in total. The summed E-state index contributed by atoms with van der Waals surface area (Å²) in [5, 5.41) is 0.171. The second kappa shape index (κ2) is 6.88. The first-order valence-electron chi connectivity index (χ1n) is 6.35. The predicted molar refractivity (Wildman–Crippen MR) is 88.9 cm³/mol. The van der Waals surface area contributed by atoms with E-state index in [1.807, 2.05) is 19.1 Å². The zero-order chi connectivity index (χ0) is 14.9. The second-order valence-corrected chi connectivity index (χ2v) is 7.07. The van der Waals surface area contributed by atoms with Gasteiger partial charge in [-0.1, -0.05) is 35.9 Å². The van der Waals surface area contributed by atoms with Gasteiger partial charge in [0.15, 0.2) is 0 Å². The molecule has 0 bridgehead atoms. The molecule has 1 atom stereocenters. The van der Waals surface area contributed by atoms with E-state index < -0.39 is 12.9 Å². The zero-order valence-electron chi connectivity index (χ0n) is 14.5. The van der Waals surface area contributed by atoms with E-state index in [0.29, 0.717) is 5.56 Å². The fraction of sp³-hybridized carbons (Fsp3) is 0.188. The molecule has 0 amide bonds. The van der Waals surface area contributed by atoms with E-state index in [1.54, 1.807) is 32.0 Å². The third kappa shape index (κ3) is 3.64. The van der Waals surface area contributed by atoms with Gasteiger partial charge in [-0.3, -0.25) is 9.36 Å². The molecule has 0 aliphatic heterocycles. The Morgan fingerprint density at radius 2 is 1.52 bits per heavy atom. The maximum atomic E-state index is 12.5. The Morgan fingerprint density at radius 1 is 1.05 bits per heavy atom. The summed E-state index contributed by atoms with van der Waals surface area (Å²) in [4.78, 5) is 22.7. The molecule has 1 unspecified atom stereocenters. The van der Waals surface area contributed by atoms with Gasteiger partial charge in [0.25, 0.3) is 12.9 Å². The fourth-order valence-corrected chi connectivity index (χ4v) is 3.88. The molecule has 0 fully saturated rings. The summed E-state index contributed by atoms with van der Waals surface area (Å²) in [6.07, 6.45) is 0. The first-order chi connectivity index (χ1) is 9.34. The van der Waals surface area contributed by atoms with Gasteiger partial charge >= 0.3 is 23.1 Å². The molecule has 108 valence electrons. The number of benzene rings is 2. The third-order valence-corrected chi connectivity index (χ3v) is 5.04. The van der Waals surface area contributed by atoms with Crippen LogP contribution in [0.4, 0.5) is 0 Å². The maximum Gasteiger partial charge on any atom is 2.00 e. The van der Waals surface area contributed by atoms with Crippen molar-refractivity contribution in [2.45, 2.75) is 20.8 Å². The molecule has 0 spiro atoms. The summed E-state index contributed by atoms with van der Waals surface area (Å²) in [5.41, 5.74) is 2.16. The van der Waals surface area contributed by atoms with Crippen LogP contribution in [0, 0.1) is 20.8 Å². The van der Waals surface area contributed by atoms with Crippen molar-refractivity contribution in [2.24, 2.45) is 0 Å². The van der Waals surface area contributed by atoms with E-state index >= 15 is 0 Å². The summed E-state index contributed by atoms with van der Waals surface area (Å²) in [5.74, 6) is 0. The molecular formula is C16H19MgO3P. The second-order valence-electron chi connectivity index (χ2n) is 4.99. The minimum Gasteiger partial charge on any atom is -1.00 e. The molecule has 0 radical (unpaired) electrons. The summed E-state index contributed by atoms with van der Waals surface area (Å²) in [7, 11) is -4.07. The minimum absolute atomic E-state index is 0. The summed E-state index contributed by atoms with van der Waals surface area (Å²) in [6, 6.07) is 11.8. The molecule has 3 nitrogen and oxygen atoms in total. The number of carbonyl (C=O) groups excluding carboxylic acids is 1. The van der Waals surface area contributed by atoms with Crippen LogP contribution < -0.4 is 5.30 Å². The Labute approximate surface area is 144 Å². The van der Waals surface area contributed by atoms with Crippen LogP contribution in [-0.2, 0) is 4.57 Å². The average molecular weight is 315 g/mol. The van der Waals surface area contributed by atoms with Gasteiger partial charge in [0.2, 0.25) is 0 Å². The fourth-order valence-electron chi connectivity index (χ4n) is 2.42. The van der Waals surface area contributed by atoms with E-state index in [2.05, 4.69) is 0 Å². The van der Waals surface area contributed by atoms with Gasteiger partial charge in [-0.15, -0.1) is 0 Å². The van der Waals surface area contributed by atoms with Crippen molar-refractivity contribution in [3.8, 4) is 0 Å². The first kappa shape index (κ1) is 18.1. The molecule has 0 saturated carbocycles. The summed E-state index contributed by atoms with van der Waals surface area (Å²) < 4.78 is 12.5. The van der Waals surface area contributed by atoms with E-state index in [0.717, 1.165) is 16.7 Å². The van der Waals surface area contributed by atoms with Crippen molar-refractivity contribution in [3.63, 3.8) is 0 Å². The van der Waals surface area contributed by atoms with Crippen molar-refractivity contribution in [1.29, 1.82) is 0 Å². The largest absolute Gasteiger partial charge is 2.00 e. The third-order valence-electron chi connectivity index (χ3n) is 3.27.